The van der Waals surface area contributed by atoms with E-state index in [9.17, 15) is 13.2 Å². The van der Waals surface area contributed by atoms with Gasteiger partial charge in [-0.3, -0.25) is 4.79 Å². The molecule has 0 spiro atoms. The molecule has 0 aliphatic carbocycles. The molecule has 0 bridgehead atoms. The predicted molar refractivity (Wildman–Crippen MR) is 148 cm³/mol. The lowest BCUT2D eigenvalue weighted by Crippen LogP contribution is -2.26. The topological polar surface area (TPSA) is 103 Å². The number of carbonyl (C=O) groups is 1. The molecular formula is C29H32N4O4S. The average molecular weight is 533 g/mol. The van der Waals surface area contributed by atoms with Crippen molar-refractivity contribution in [2.75, 3.05) is 25.2 Å². The lowest BCUT2D eigenvalue weighted by atomic mass is 10.0. The van der Waals surface area contributed by atoms with Gasteiger partial charge in [0.25, 0.3) is 5.91 Å². The predicted octanol–water partition coefficient (Wildman–Crippen LogP) is 4.31. The van der Waals surface area contributed by atoms with Gasteiger partial charge in [0.1, 0.15) is 5.75 Å². The fourth-order valence-electron chi connectivity index (χ4n) is 5.02. The van der Waals surface area contributed by atoms with Crippen molar-refractivity contribution < 1.29 is 17.9 Å². The fourth-order valence-corrected chi connectivity index (χ4v) is 6.71. The SMILES string of the molecule is CCc1ccc(-c2cc(C(=O)NCCc3cccc(OC)c3)c3c(C)nn(C4CCS(=O)(=O)C4)c3n2)cc1. The highest BCUT2D eigenvalue weighted by atomic mass is 32.2. The normalized spacial score (nSPS) is 16.6. The summed E-state index contributed by atoms with van der Waals surface area (Å²) in [6.45, 7) is 4.39. The zero-order chi connectivity index (χ0) is 26.9. The van der Waals surface area contributed by atoms with Crippen LogP contribution in [0.3, 0.4) is 0 Å². The smallest absolute Gasteiger partial charge is 0.252 e. The highest BCUT2D eigenvalue weighted by Crippen LogP contribution is 2.32. The molecular weight excluding hydrogens is 500 g/mol. The molecule has 1 aliphatic rings. The third-order valence-electron chi connectivity index (χ3n) is 7.13. The molecule has 0 radical (unpaired) electrons. The number of methoxy groups -OCH3 is 1. The number of carbonyl (C=O) groups excluding carboxylic acids is 1. The van der Waals surface area contributed by atoms with Crippen LogP contribution < -0.4 is 10.1 Å². The number of sulfone groups is 1. The van der Waals surface area contributed by atoms with E-state index in [0.29, 0.717) is 47.4 Å². The Kier molecular flexibility index (Phi) is 7.21. The zero-order valence-corrected chi connectivity index (χ0v) is 22.7. The summed E-state index contributed by atoms with van der Waals surface area (Å²) >= 11 is 0. The van der Waals surface area contributed by atoms with Crippen molar-refractivity contribution in [2.45, 2.75) is 39.2 Å². The zero-order valence-electron chi connectivity index (χ0n) is 21.9. The monoisotopic (exact) mass is 532 g/mol. The first kappa shape index (κ1) is 25.9. The van der Waals surface area contributed by atoms with E-state index >= 15 is 0 Å². The number of nitrogens with one attached hydrogen (secondary N) is 1. The van der Waals surface area contributed by atoms with Gasteiger partial charge in [0.15, 0.2) is 15.5 Å². The number of amides is 1. The van der Waals surface area contributed by atoms with Crippen molar-refractivity contribution in [1.82, 2.24) is 20.1 Å². The molecule has 38 heavy (non-hydrogen) atoms. The van der Waals surface area contributed by atoms with Gasteiger partial charge in [0, 0.05) is 12.1 Å². The molecule has 1 saturated heterocycles. The number of hydrogen-bond acceptors (Lipinski definition) is 6. The summed E-state index contributed by atoms with van der Waals surface area (Å²) in [7, 11) is -1.49. The van der Waals surface area contributed by atoms with Gasteiger partial charge in [-0.2, -0.15) is 5.10 Å². The molecule has 0 saturated carbocycles. The van der Waals surface area contributed by atoms with E-state index in [0.717, 1.165) is 23.3 Å². The van der Waals surface area contributed by atoms with Crippen LogP contribution >= 0.6 is 0 Å². The summed E-state index contributed by atoms with van der Waals surface area (Å²) in [5.41, 5.74) is 5.50. The number of nitrogens with zero attached hydrogens (tertiary/aromatic N) is 3. The molecule has 1 amide bonds. The summed E-state index contributed by atoms with van der Waals surface area (Å²) in [6, 6.07) is 17.4. The van der Waals surface area contributed by atoms with Crippen molar-refractivity contribution in [1.29, 1.82) is 0 Å². The van der Waals surface area contributed by atoms with Crippen LogP contribution in [0.4, 0.5) is 0 Å². The first-order valence-electron chi connectivity index (χ1n) is 12.9. The van der Waals surface area contributed by atoms with Crippen molar-refractivity contribution in [3.8, 4) is 17.0 Å². The van der Waals surface area contributed by atoms with Crippen LogP contribution in [0.1, 0.15) is 46.6 Å². The van der Waals surface area contributed by atoms with Crippen LogP contribution in [-0.2, 0) is 22.7 Å². The van der Waals surface area contributed by atoms with Crippen LogP contribution in [0.5, 0.6) is 5.75 Å². The molecule has 1 aliphatic heterocycles. The molecule has 2 aromatic carbocycles. The van der Waals surface area contributed by atoms with Gasteiger partial charge in [0.05, 0.1) is 47.0 Å². The number of rotatable bonds is 8. The summed E-state index contributed by atoms with van der Waals surface area (Å²) < 4.78 is 31.5. The number of fused-ring (bicyclic) bond motifs is 1. The maximum atomic E-state index is 13.5. The Morgan fingerprint density at radius 1 is 1.13 bits per heavy atom. The Morgan fingerprint density at radius 2 is 1.92 bits per heavy atom. The minimum Gasteiger partial charge on any atom is -0.497 e. The summed E-state index contributed by atoms with van der Waals surface area (Å²) in [4.78, 5) is 18.5. The Hall–Kier alpha value is -3.72. The molecule has 5 rings (SSSR count). The molecule has 1 atom stereocenters. The Morgan fingerprint density at radius 3 is 2.61 bits per heavy atom. The second-order valence-corrected chi connectivity index (χ2v) is 12.0. The first-order valence-corrected chi connectivity index (χ1v) is 14.7. The highest BCUT2D eigenvalue weighted by molar-refractivity contribution is 7.91. The second kappa shape index (κ2) is 10.6. The van der Waals surface area contributed by atoms with Crippen LogP contribution in [-0.4, -0.2) is 54.2 Å². The van der Waals surface area contributed by atoms with Crippen LogP contribution in [0.2, 0.25) is 0 Å². The van der Waals surface area contributed by atoms with E-state index in [2.05, 4.69) is 29.5 Å². The molecule has 8 nitrogen and oxygen atoms in total. The Balaban J connectivity index is 1.52. The molecule has 1 unspecified atom stereocenters. The van der Waals surface area contributed by atoms with E-state index in [1.165, 1.54) is 5.56 Å². The molecule has 198 valence electrons. The number of hydrogen-bond donors (Lipinski definition) is 1. The standard InChI is InChI=1S/C29H32N4O4S/c1-4-20-8-10-22(11-9-20)26-17-25(29(34)30-14-12-21-6-5-7-24(16-21)37-3)27-19(2)32-33(28(27)31-26)23-13-15-38(35,36)18-23/h5-11,16-17,23H,4,12-15,18H2,1-3H3,(H,30,34). The maximum absolute atomic E-state index is 13.5. The van der Waals surface area contributed by atoms with Crippen LogP contribution in [0, 0.1) is 6.92 Å². The van der Waals surface area contributed by atoms with Gasteiger partial charge in [-0.1, -0.05) is 43.3 Å². The summed E-state index contributed by atoms with van der Waals surface area (Å²) in [6.07, 6.45) is 2.06. The van der Waals surface area contributed by atoms with Crippen LogP contribution in [0.25, 0.3) is 22.3 Å². The van der Waals surface area contributed by atoms with E-state index in [-0.39, 0.29) is 23.5 Å². The average Bonchev–Trinajstić information content (AvgIpc) is 3.46. The molecule has 3 heterocycles. The van der Waals surface area contributed by atoms with E-state index in [1.807, 2.05) is 49.4 Å². The number of pyridine rings is 1. The second-order valence-electron chi connectivity index (χ2n) is 9.75. The third-order valence-corrected chi connectivity index (χ3v) is 8.88. The van der Waals surface area contributed by atoms with Crippen molar-refractivity contribution >= 4 is 26.8 Å². The van der Waals surface area contributed by atoms with Gasteiger partial charge >= 0.3 is 0 Å². The van der Waals surface area contributed by atoms with Crippen LogP contribution in [0.15, 0.2) is 54.6 Å². The quantitative estimate of drug-likeness (QED) is 0.363. The number of aromatic nitrogens is 3. The number of benzene rings is 2. The van der Waals surface area contributed by atoms with Gasteiger partial charge in [-0.25, -0.2) is 18.1 Å². The summed E-state index contributed by atoms with van der Waals surface area (Å²) in [5.74, 6) is 0.727. The maximum Gasteiger partial charge on any atom is 0.252 e. The number of aryl methyl sites for hydroxylation is 2. The van der Waals surface area contributed by atoms with Gasteiger partial charge in [-0.05, 0) is 55.5 Å². The van der Waals surface area contributed by atoms with Gasteiger partial charge < -0.3 is 10.1 Å². The van der Waals surface area contributed by atoms with E-state index in [4.69, 9.17) is 9.72 Å². The largest absolute Gasteiger partial charge is 0.497 e. The lowest BCUT2D eigenvalue weighted by Gasteiger charge is -2.13. The van der Waals surface area contributed by atoms with E-state index in [1.54, 1.807) is 11.8 Å². The fraction of sp³-hybridized carbons (Fsp3) is 0.345. The lowest BCUT2D eigenvalue weighted by molar-refractivity contribution is 0.0955. The third kappa shape index (κ3) is 5.29. The Bertz CT molecular complexity index is 1590. The number of ether oxygens (including phenoxy) is 1. The summed E-state index contributed by atoms with van der Waals surface area (Å²) in [5, 5.41) is 8.39. The minimum absolute atomic E-state index is 0.0302. The molecule has 4 aromatic rings. The van der Waals surface area contributed by atoms with Gasteiger partial charge in [0.2, 0.25) is 0 Å². The van der Waals surface area contributed by atoms with E-state index < -0.39 is 9.84 Å². The van der Waals surface area contributed by atoms with Crippen molar-refractivity contribution in [3.63, 3.8) is 0 Å². The van der Waals surface area contributed by atoms with Gasteiger partial charge in [-0.15, -0.1) is 0 Å². The van der Waals surface area contributed by atoms with Crippen molar-refractivity contribution in [2.24, 2.45) is 0 Å². The minimum atomic E-state index is -3.12. The molecule has 9 heteroatoms. The molecule has 1 N–H and O–H groups in total. The first-order chi connectivity index (χ1) is 18.3. The molecule has 2 aromatic heterocycles. The molecule has 1 fully saturated rings. The van der Waals surface area contributed by atoms with Crippen molar-refractivity contribution in [3.05, 3.63) is 77.0 Å². The highest BCUT2D eigenvalue weighted by Gasteiger charge is 2.32. The Labute approximate surface area is 223 Å².